The molecule has 1 aromatic heterocycles. The molecular weight excluding hydrogens is 307 g/mol. The summed E-state index contributed by atoms with van der Waals surface area (Å²) < 4.78 is 14.9. The van der Waals surface area contributed by atoms with Crippen LogP contribution in [0.1, 0.15) is 28.6 Å². The Labute approximate surface area is 121 Å². The number of hydrogen-bond acceptors (Lipinski definition) is 2. The minimum atomic E-state index is -0.220. The molecule has 0 bridgehead atoms. The summed E-state index contributed by atoms with van der Waals surface area (Å²) in [7, 11) is 1.82. The maximum Gasteiger partial charge on any atom is 0.128 e. The third-order valence-electron chi connectivity index (χ3n) is 3.13. The normalized spacial score (nSPS) is 12.5. The highest BCUT2D eigenvalue weighted by Crippen LogP contribution is 2.28. The largest absolute Gasteiger partial charge is 0.309 e. The van der Waals surface area contributed by atoms with Gasteiger partial charge in [-0.25, -0.2) is 4.39 Å². The van der Waals surface area contributed by atoms with Gasteiger partial charge in [0, 0.05) is 21.4 Å². The molecule has 100 valence electrons. The number of nitrogens with zero attached hydrogens (tertiary/aromatic N) is 1. The molecule has 0 aliphatic rings. The molecule has 0 saturated carbocycles. The van der Waals surface area contributed by atoms with E-state index >= 15 is 0 Å². The first-order chi connectivity index (χ1) is 9.02. The van der Waals surface area contributed by atoms with E-state index in [9.17, 15) is 4.39 Å². The van der Waals surface area contributed by atoms with E-state index in [1.165, 1.54) is 6.07 Å². The second-order valence-electron chi connectivity index (χ2n) is 4.51. The first kappa shape index (κ1) is 14.2. The van der Waals surface area contributed by atoms with Crippen LogP contribution >= 0.6 is 15.9 Å². The molecule has 2 nitrogen and oxygen atoms in total. The van der Waals surface area contributed by atoms with Gasteiger partial charge in [-0.2, -0.15) is 0 Å². The Morgan fingerprint density at radius 1 is 1.16 bits per heavy atom. The van der Waals surface area contributed by atoms with Gasteiger partial charge < -0.3 is 5.32 Å². The van der Waals surface area contributed by atoms with Crippen LogP contribution in [0.4, 0.5) is 4.39 Å². The lowest BCUT2D eigenvalue weighted by Crippen LogP contribution is -2.20. The van der Waals surface area contributed by atoms with E-state index in [2.05, 4.69) is 26.2 Å². The molecular formula is C15H16BrFN2. The van der Waals surface area contributed by atoms with Gasteiger partial charge >= 0.3 is 0 Å². The second kappa shape index (κ2) is 5.80. The predicted molar refractivity (Wildman–Crippen MR) is 78.7 cm³/mol. The summed E-state index contributed by atoms with van der Waals surface area (Å²) in [5.74, 6) is -0.220. The zero-order chi connectivity index (χ0) is 14.0. The molecule has 1 heterocycles. The van der Waals surface area contributed by atoms with E-state index < -0.39 is 0 Å². The van der Waals surface area contributed by atoms with E-state index in [1.54, 1.807) is 12.1 Å². The van der Waals surface area contributed by atoms with Crippen molar-refractivity contribution in [2.45, 2.75) is 19.9 Å². The Hall–Kier alpha value is -1.26. The molecule has 1 N–H and O–H groups in total. The predicted octanol–water partition coefficient (Wildman–Crippen LogP) is 3.91. The summed E-state index contributed by atoms with van der Waals surface area (Å²) >= 11 is 3.39. The third-order valence-corrected chi connectivity index (χ3v) is 3.63. The van der Waals surface area contributed by atoms with Crippen molar-refractivity contribution >= 4 is 15.9 Å². The van der Waals surface area contributed by atoms with Crippen LogP contribution in [0.2, 0.25) is 0 Å². The van der Waals surface area contributed by atoms with Crippen LogP contribution in [0.25, 0.3) is 0 Å². The SMILES string of the molecule is CNC(c1cc(Br)ccc1F)c1ccc(C)nc1C. The summed E-state index contributed by atoms with van der Waals surface area (Å²) in [6.45, 7) is 3.90. The molecule has 0 saturated heterocycles. The highest BCUT2D eigenvalue weighted by atomic mass is 79.9. The zero-order valence-corrected chi connectivity index (χ0v) is 12.8. The Morgan fingerprint density at radius 2 is 1.89 bits per heavy atom. The molecule has 1 aromatic carbocycles. The Morgan fingerprint density at radius 3 is 2.53 bits per heavy atom. The number of aryl methyl sites for hydroxylation is 2. The van der Waals surface area contributed by atoms with Crippen molar-refractivity contribution in [3.8, 4) is 0 Å². The highest BCUT2D eigenvalue weighted by molar-refractivity contribution is 9.10. The fraction of sp³-hybridized carbons (Fsp3) is 0.267. The highest BCUT2D eigenvalue weighted by Gasteiger charge is 2.18. The van der Waals surface area contributed by atoms with Crippen LogP contribution in [-0.2, 0) is 0 Å². The first-order valence-corrected chi connectivity index (χ1v) is 6.88. The summed E-state index contributed by atoms with van der Waals surface area (Å²) in [5.41, 5.74) is 3.49. The Balaban J connectivity index is 2.52. The standard InChI is InChI=1S/C15H16BrFN2/c1-9-4-6-12(10(2)19-9)15(18-3)13-8-11(16)5-7-14(13)17/h4-8,15,18H,1-3H3. The second-order valence-corrected chi connectivity index (χ2v) is 5.43. The monoisotopic (exact) mass is 322 g/mol. The number of rotatable bonds is 3. The van der Waals surface area contributed by atoms with Crippen LogP contribution in [0, 0.1) is 19.7 Å². The van der Waals surface area contributed by atoms with Crippen molar-refractivity contribution in [2.75, 3.05) is 7.05 Å². The van der Waals surface area contributed by atoms with E-state index in [0.29, 0.717) is 5.56 Å². The lowest BCUT2D eigenvalue weighted by atomic mass is 9.97. The molecule has 0 aliphatic carbocycles. The van der Waals surface area contributed by atoms with E-state index in [4.69, 9.17) is 0 Å². The van der Waals surface area contributed by atoms with Crippen LogP contribution in [0.3, 0.4) is 0 Å². The summed E-state index contributed by atoms with van der Waals surface area (Å²) in [6, 6.07) is 8.72. The van der Waals surface area contributed by atoms with Gasteiger partial charge in [0.1, 0.15) is 5.82 Å². The van der Waals surface area contributed by atoms with Gasteiger partial charge in [0.25, 0.3) is 0 Å². The Bertz CT molecular complexity index is 599. The molecule has 2 aromatic rings. The van der Waals surface area contributed by atoms with E-state index in [1.807, 2.05) is 33.0 Å². The minimum absolute atomic E-state index is 0.203. The quantitative estimate of drug-likeness (QED) is 0.926. The van der Waals surface area contributed by atoms with Crippen LogP contribution in [-0.4, -0.2) is 12.0 Å². The van der Waals surface area contributed by atoms with Gasteiger partial charge in [0.05, 0.1) is 6.04 Å². The van der Waals surface area contributed by atoms with Crippen LogP contribution < -0.4 is 5.32 Å². The summed E-state index contributed by atoms with van der Waals surface area (Å²) in [5, 5.41) is 3.16. The fourth-order valence-electron chi connectivity index (χ4n) is 2.22. The molecule has 0 radical (unpaired) electrons. The maximum atomic E-state index is 14.0. The number of hydrogen-bond donors (Lipinski definition) is 1. The fourth-order valence-corrected chi connectivity index (χ4v) is 2.60. The van der Waals surface area contributed by atoms with Gasteiger partial charge in [0.15, 0.2) is 0 Å². The third kappa shape index (κ3) is 3.01. The van der Waals surface area contributed by atoms with E-state index in [0.717, 1.165) is 21.4 Å². The van der Waals surface area contributed by atoms with Gasteiger partial charge in [-0.05, 0) is 50.7 Å². The van der Waals surface area contributed by atoms with Gasteiger partial charge in [0.2, 0.25) is 0 Å². The smallest absolute Gasteiger partial charge is 0.128 e. The van der Waals surface area contributed by atoms with Crippen molar-refractivity contribution in [3.05, 3.63) is 63.1 Å². The number of benzene rings is 1. The molecule has 19 heavy (non-hydrogen) atoms. The summed E-state index contributed by atoms with van der Waals surface area (Å²) in [6.07, 6.45) is 0. The molecule has 0 amide bonds. The van der Waals surface area contributed by atoms with Gasteiger partial charge in [-0.1, -0.05) is 22.0 Å². The lowest BCUT2D eigenvalue weighted by Gasteiger charge is -2.20. The van der Waals surface area contributed by atoms with Crippen molar-refractivity contribution in [1.82, 2.24) is 10.3 Å². The van der Waals surface area contributed by atoms with Gasteiger partial charge in [-0.15, -0.1) is 0 Å². The molecule has 2 rings (SSSR count). The van der Waals surface area contributed by atoms with E-state index in [-0.39, 0.29) is 11.9 Å². The molecule has 1 atom stereocenters. The minimum Gasteiger partial charge on any atom is -0.309 e. The average Bonchev–Trinajstić information content (AvgIpc) is 2.36. The maximum absolute atomic E-state index is 14.0. The zero-order valence-electron chi connectivity index (χ0n) is 11.2. The summed E-state index contributed by atoms with van der Waals surface area (Å²) in [4.78, 5) is 4.45. The molecule has 4 heteroatoms. The van der Waals surface area contributed by atoms with Crippen molar-refractivity contribution in [2.24, 2.45) is 0 Å². The molecule has 0 spiro atoms. The number of aromatic nitrogens is 1. The topological polar surface area (TPSA) is 24.9 Å². The molecule has 1 unspecified atom stereocenters. The Kier molecular flexibility index (Phi) is 4.32. The average molecular weight is 323 g/mol. The van der Waals surface area contributed by atoms with Crippen molar-refractivity contribution in [3.63, 3.8) is 0 Å². The van der Waals surface area contributed by atoms with Crippen LogP contribution in [0.15, 0.2) is 34.8 Å². The number of pyridine rings is 1. The first-order valence-electron chi connectivity index (χ1n) is 6.09. The van der Waals surface area contributed by atoms with Gasteiger partial charge in [-0.3, -0.25) is 4.98 Å². The molecule has 0 aliphatic heterocycles. The number of halogens is 2. The van der Waals surface area contributed by atoms with Crippen LogP contribution in [0.5, 0.6) is 0 Å². The molecule has 0 fully saturated rings. The lowest BCUT2D eigenvalue weighted by molar-refractivity contribution is 0.573. The van der Waals surface area contributed by atoms with Crippen molar-refractivity contribution in [1.29, 1.82) is 0 Å². The number of nitrogens with one attached hydrogen (secondary N) is 1. The van der Waals surface area contributed by atoms with Crippen molar-refractivity contribution < 1.29 is 4.39 Å².